The van der Waals surface area contributed by atoms with E-state index in [0.29, 0.717) is 25.0 Å². The second-order valence-corrected chi connectivity index (χ2v) is 3.99. The zero-order valence-electron chi connectivity index (χ0n) is 8.77. The minimum absolute atomic E-state index is 0.291. The summed E-state index contributed by atoms with van der Waals surface area (Å²) in [5, 5.41) is 0. The Labute approximate surface area is 105 Å². The molecule has 0 saturated carbocycles. The fraction of sp³-hybridized carbons (Fsp3) is 0.545. The molecule has 2 atom stereocenters. The Hall–Kier alpha value is -0.350. The SMILES string of the molecule is O=CC1(OCCCl)C=CC=CC1OCCCl. The molecule has 0 saturated heterocycles. The van der Waals surface area contributed by atoms with Gasteiger partial charge in [-0.1, -0.05) is 18.2 Å². The van der Waals surface area contributed by atoms with E-state index in [0.717, 1.165) is 6.29 Å². The maximum atomic E-state index is 11.2. The van der Waals surface area contributed by atoms with Crippen LogP contribution in [0.1, 0.15) is 0 Å². The lowest BCUT2D eigenvalue weighted by Crippen LogP contribution is -2.47. The van der Waals surface area contributed by atoms with Crippen molar-refractivity contribution >= 4 is 29.5 Å². The van der Waals surface area contributed by atoms with Crippen molar-refractivity contribution in [3.8, 4) is 0 Å². The topological polar surface area (TPSA) is 35.5 Å². The first-order valence-corrected chi connectivity index (χ1v) is 6.06. The van der Waals surface area contributed by atoms with Gasteiger partial charge in [0.2, 0.25) is 0 Å². The maximum Gasteiger partial charge on any atom is 0.171 e. The monoisotopic (exact) mass is 264 g/mol. The molecule has 0 fully saturated rings. The van der Waals surface area contributed by atoms with Gasteiger partial charge in [-0.2, -0.15) is 0 Å². The van der Waals surface area contributed by atoms with Crippen LogP contribution in [0.2, 0.25) is 0 Å². The van der Waals surface area contributed by atoms with Crippen molar-refractivity contribution in [3.05, 3.63) is 24.3 Å². The van der Waals surface area contributed by atoms with Crippen molar-refractivity contribution in [2.45, 2.75) is 11.7 Å². The number of hydrogen-bond acceptors (Lipinski definition) is 3. The predicted molar refractivity (Wildman–Crippen MR) is 64.2 cm³/mol. The van der Waals surface area contributed by atoms with Crippen LogP contribution in [0, 0.1) is 0 Å². The van der Waals surface area contributed by atoms with Gasteiger partial charge in [0, 0.05) is 11.8 Å². The second kappa shape index (κ2) is 7.07. The molecule has 90 valence electrons. The molecule has 0 amide bonds. The summed E-state index contributed by atoms with van der Waals surface area (Å²) >= 11 is 11.1. The number of ether oxygens (including phenoxy) is 2. The molecule has 1 aliphatic carbocycles. The number of aldehydes is 1. The molecule has 2 unspecified atom stereocenters. The van der Waals surface area contributed by atoms with Crippen LogP contribution >= 0.6 is 23.2 Å². The standard InChI is InChI=1S/C11H14Cl2O3/c12-5-7-15-10-3-1-2-4-11(10,9-14)16-8-6-13/h1-4,9-10H,5-8H2. The van der Waals surface area contributed by atoms with Crippen LogP contribution in [-0.2, 0) is 14.3 Å². The summed E-state index contributed by atoms with van der Waals surface area (Å²) in [4.78, 5) is 11.2. The highest BCUT2D eigenvalue weighted by Gasteiger charge is 2.38. The molecular weight excluding hydrogens is 251 g/mol. The quantitative estimate of drug-likeness (QED) is 0.521. The Morgan fingerprint density at radius 2 is 2.00 bits per heavy atom. The second-order valence-electron chi connectivity index (χ2n) is 3.23. The number of hydrogen-bond donors (Lipinski definition) is 0. The summed E-state index contributed by atoms with van der Waals surface area (Å²) < 4.78 is 10.9. The number of alkyl halides is 2. The first kappa shape index (κ1) is 13.7. The van der Waals surface area contributed by atoms with Crippen molar-refractivity contribution in [1.82, 2.24) is 0 Å². The third-order valence-electron chi connectivity index (χ3n) is 2.19. The molecule has 0 aromatic heterocycles. The van der Waals surface area contributed by atoms with Gasteiger partial charge < -0.3 is 9.47 Å². The van der Waals surface area contributed by atoms with Crippen LogP contribution in [-0.4, -0.2) is 43.0 Å². The Balaban J connectivity index is 2.72. The van der Waals surface area contributed by atoms with Crippen LogP contribution in [0.3, 0.4) is 0 Å². The van der Waals surface area contributed by atoms with Crippen LogP contribution in [0.5, 0.6) is 0 Å². The van der Waals surface area contributed by atoms with E-state index < -0.39 is 11.7 Å². The largest absolute Gasteiger partial charge is 0.369 e. The molecule has 3 nitrogen and oxygen atoms in total. The van der Waals surface area contributed by atoms with E-state index in [4.69, 9.17) is 32.7 Å². The van der Waals surface area contributed by atoms with Crippen molar-refractivity contribution in [2.75, 3.05) is 25.0 Å². The summed E-state index contributed by atoms with van der Waals surface area (Å²) in [6.45, 7) is 0.656. The summed E-state index contributed by atoms with van der Waals surface area (Å²) in [5.74, 6) is 0.702. The molecule has 0 aromatic rings. The zero-order chi connectivity index (χ0) is 11.9. The molecule has 1 rings (SSSR count). The number of allylic oxidation sites excluding steroid dienone is 2. The molecular formula is C11H14Cl2O3. The van der Waals surface area contributed by atoms with Crippen LogP contribution in [0.4, 0.5) is 0 Å². The van der Waals surface area contributed by atoms with E-state index in [1.165, 1.54) is 0 Å². The minimum Gasteiger partial charge on any atom is -0.369 e. The Kier molecular flexibility index (Phi) is 6.06. The lowest BCUT2D eigenvalue weighted by molar-refractivity contribution is -0.139. The molecule has 0 bridgehead atoms. The summed E-state index contributed by atoms with van der Waals surface area (Å²) in [7, 11) is 0. The molecule has 0 aliphatic heterocycles. The van der Waals surface area contributed by atoms with Gasteiger partial charge in [0.15, 0.2) is 11.9 Å². The molecule has 1 aliphatic rings. The van der Waals surface area contributed by atoms with Gasteiger partial charge in [0.05, 0.1) is 13.2 Å². The van der Waals surface area contributed by atoms with Crippen molar-refractivity contribution in [2.24, 2.45) is 0 Å². The Morgan fingerprint density at radius 1 is 1.25 bits per heavy atom. The van der Waals surface area contributed by atoms with Gasteiger partial charge in [-0.25, -0.2) is 0 Å². The maximum absolute atomic E-state index is 11.2. The van der Waals surface area contributed by atoms with Crippen LogP contribution in [0.15, 0.2) is 24.3 Å². The highest BCUT2D eigenvalue weighted by Crippen LogP contribution is 2.23. The average Bonchev–Trinajstić information content (AvgIpc) is 2.34. The van der Waals surface area contributed by atoms with E-state index >= 15 is 0 Å². The van der Waals surface area contributed by atoms with E-state index in [-0.39, 0.29) is 0 Å². The number of carbonyl (C=O) groups is 1. The lowest BCUT2D eigenvalue weighted by atomic mass is 9.93. The molecule has 5 heteroatoms. The van der Waals surface area contributed by atoms with E-state index in [2.05, 4.69) is 0 Å². The molecule has 0 aromatic carbocycles. The van der Waals surface area contributed by atoms with Gasteiger partial charge in [0.1, 0.15) is 6.10 Å². The van der Waals surface area contributed by atoms with Gasteiger partial charge in [-0.3, -0.25) is 4.79 Å². The fourth-order valence-electron chi connectivity index (χ4n) is 1.46. The number of rotatable bonds is 7. The van der Waals surface area contributed by atoms with Gasteiger partial charge in [0.25, 0.3) is 0 Å². The third kappa shape index (κ3) is 3.32. The summed E-state index contributed by atoms with van der Waals surface area (Å²) in [6.07, 6.45) is 7.30. The lowest BCUT2D eigenvalue weighted by Gasteiger charge is -2.33. The zero-order valence-corrected chi connectivity index (χ0v) is 10.3. The van der Waals surface area contributed by atoms with Gasteiger partial charge >= 0.3 is 0 Å². The Bertz CT molecular complexity index is 278. The first-order valence-electron chi connectivity index (χ1n) is 4.99. The van der Waals surface area contributed by atoms with E-state index in [9.17, 15) is 4.79 Å². The van der Waals surface area contributed by atoms with Crippen molar-refractivity contribution < 1.29 is 14.3 Å². The summed E-state index contributed by atoms with van der Waals surface area (Å²) in [6, 6.07) is 0. The Morgan fingerprint density at radius 3 is 2.62 bits per heavy atom. The van der Waals surface area contributed by atoms with Crippen LogP contribution in [0.25, 0.3) is 0 Å². The normalized spacial score (nSPS) is 28.2. The highest BCUT2D eigenvalue weighted by atomic mass is 35.5. The number of halogens is 2. The van der Waals surface area contributed by atoms with Crippen LogP contribution < -0.4 is 0 Å². The predicted octanol–water partition coefficient (Wildman–Crippen LogP) is 1.93. The smallest absolute Gasteiger partial charge is 0.171 e. The van der Waals surface area contributed by atoms with Gasteiger partial charge in [-0.15, -0.1) is 23.2 Å². The summed E-state index contributed by atoms with van der Waals surface area (Å²) in [5.41, 5.74) is -1.07. The third-order valence-corrected chi connectivity index (χ3v) is 2.49. The number of carbonyl (C=O) groups excluding carboxylic acids is 1. The van der Waals surface area contributed by atoms with Gasteiger partial charge in [-0.05, 0) is 6.08 Å². The molecule has 0 radical (unpaired) electrons. The van der Waals surface area contributed by atoms with Crippen molar-refractivity contribution in [1.29, 1.82) is 0 Å². The fourth-order valence-corrected chi connectivity index (χ4v) is 1.63. The molecule has 16 heavy (non-hydrogen) atoms. The van der Waals surface area contributed by atoms with E-state index in [1.54, 1.807) is 18.2 Å². The average molecular weight is 265 g/mol. The molecule has 0 spiro atoms. The molecule has 0 N–H and O–H groups in total. The minimum atomic E-state index is -1.07. The van der Waals surface area contributed by atoms with E-state index in [1.807, 2.05) is 6.08 Å². The first-order chi connectivity index (χ1) is 7.79. The highest BCUT2D eigenvalue weighted by molar-refractivity contribution is 6.18. The van der Waals surface area contributed by atoms with Crippen molar-refractivity contribution in [3.63, 3.8) is 0 Å². The molecule has 0 heterocycles.